The summed E-state index contributed by atoms with van der Waals surface area (Å²) in [5.74, 6) is -0.892. The van der Waals surface area contributed by atoms with Gasteiger partial charge in [0.05, 0.1) is 10.6 Å². The lowest BCUT2D eigenvalue weighted by atomic mass is 10.0. The molecule has 0 bridgehead atoms. The van der Waals surface area contributed by atoms with Crippen LogP contribution >= 0.6 is 27.5 Å². The van der Waals surface area contributed by atoms with Gasteiger partial charge < -0.3 is 10.2 Å². The number of carbonyl (C=O) groups is 2. The zero-order valence-corrected chi connectivity index (χ0v) is 26.4. The van der Waals surface area contributed by atoms with E-state index in [0.29, 0.717) is 5.02 Å². The van der Waals surface area contributed by atoms with Crippen LogP contribution in [0.3, 0.4) is 0 Å². The van der Waals surface area contributed by atoms with Crippen LogP contribution in [0.1, 0.15) is 16.7 Å². The summed E-state index contributed by atoms with van der Waals surface area (Å²) in [6.07, 6.45) is 0.244. The molecule has 0 radical (unpaired) electrons. The molecule has 0 aliphatic heterocycles. The number of nitrogens with zero attached hydrogens (tertiary/aromatic N) is 2. The largest absolute Gasteiger partial charge is 0.357 e. The predicted octanol–water partition coefficient (Wildman–Crippen LogP) is 5.99. The van der Waals surface area contributed by atoms with E-state index in [0.717, 1.165) is 25.5 Å². The van der Waals surface area contributed by atoms with Crippen LogP contribution in [0.2, 0.25) is 5.02 Å². The molecule has 0 heterocycles. The van der Waals surface area contributed by atoms with Crippen molar-refractivity contribution in [3.05, 3.63) is 129 Å². The first-order valence-corrected chi connectivity index (χ1v) is 15.8. The Morgan fingerprint density at radius 1 is 0.857 bits per heavy atom. The summed E-state index contributed by atoms with van der Waals surface area (Å²) in [6.45, 7) is 1.43. The third kappa shape index (κ3) is 7.79. The maximum absolute atomic E-state index is 14.3. The number of likely N-dealkylation sites (N-methyl/N-ethyl adjacent to an activating group) is 1. The van der Waals surface area contributed by atoms with E-state index in [-0.39, 0.29) is 29.5 Å². The summed E-state index contributed by atoms with van der Waals surface area (Å²) in [4.78, 5) is 29.0. The van der Waals surface area contributed by atoms with E-state index in [2.05, 4.69) is 21.2 Å². The van der Waals surface area contributed by atoms with Gasteiger partial charge in [-0.1, -0.05) is 87.7 Å². The minimum absolute atomic E-state index is 0.0439. The van der Waals surface area contributed by atoms with Crippen molar-refractivity contribution in [2.45, 2.75) is 30.8 Å². The molecule has 1 N–H and O–H groups in total. The maximum atomic E-state index is 14.3. The van der Waals surface area contributed by atoms with Crippen LogP contribution in [0, 0.1) is 6.92 Å². The molecule has 1 atom stereocenters. The van der Waals surface area contributed by atoms with Crippen LogP contribution in [0.5, 0.6) is 0 Å². The molecule has 0 saturated carbocycles. The fourth-order valence-corrected chi connectivity index (χ4v) is 6.29. The Morgan fingerprint density at radius 2 is 1.48 bits per heavy atom. The number of aryl methyl sites for hydroxylation is 1. The standard InChI is InChI=1S/C32H31BrClN3O4S/c1-23-8-18-29(19-9-23)42(40,41)37(28-16-14-27(34)15-17-28)22-31(38)36(21-25-10-12-26(33)13-11-25)30(32(39)35-2)20-24-6-4-3-5-7-24/h3-19,30H,20-22H2,1-2H3,(H,35,39)/t30-/m1/s1. The predicted molar refractivity (Wildman–Crippen MR) is 170 cm³/mol. The minimum atomic E-state index is -4.17. The zero-order valence-electron chi connectivity index (χ0n) is 23.2. The van der Waals surface area contributed by atoms with E-state index in [4.69, 9.17) is 11.6 Å². The molecule has 0 saturated heterocycles. The highest BCUT2D eigenvalue weighted by Gasteiger charge is 2.34. The number of rotatable bonds is 11. The van der Waals surface area contributed by atoms with E-state index in [1.54, 1.807) is 36.4 Å². The topological polar surface area (TPSA) is 86.8 Å². The third-order valence-corrected chi connectivity index (χ3v) is 9.35. The molecule has 4 rings (SSSR count). The van der Waals surface area contributed by atoms with E-state index >= 15 is 0 Å². The van der Waals surface area contributed by atoms with Gasteiger partial charge in [-0.05, 0) is 66.6 Å². The average Bonchev–Trinajstić information content (AvgIpc) is 2.99. The van der Waals surface area contributed by atoms with Crippen LogP contribution in [0.15, 0.2) is 112 Å². The molecular weight excluding hydrogens is 638 g/mol. The van der Waals surface area contributed by atoms with Crippen LogP contribution in [0.4, 0.5) is 5.69 Å². The van der Waals surface area contributed by atoms with Crippen LogP contribution < -0.4 is 9.62 Å². The number of hydrogen-bond donors (Lipinski definition) is 1. The second-order valence-corrected chi connectivity index (χ2v) is 13.0. The summed E-state index contributed by atoms with van der Waals surface area (Å²) in [7, 11) is -2.65. The molecule has 7 nitrogen and oxygen atoms in total. The van der Waals surface area contributed by atoms with Crippen molar-refractivity contribution in [1.82, 2.24) is 10.2 Å². The second-order valence-electron chi connectivity index (χ2n) is 9.77. The highest BCUT2D eigenvalue weighted by molar-refractivity contribution is 9.10. The van der Waals surface area contributed by atoms with Gasteiger partial charge in [-0.15, -0.1) is 0 Å². The number of benzene rings is 4. The molecule has 218 valence electrons. The molecule has 0 aliphatic carbocycles. The third-order valence-electron chi connectivity index (χ3n) is 6.79. The summed E-state index contributed by atoms with van der Waals surface area (Å²) in [5, 5.41) is 3.11. The van der Waals surface area contributed by atoms with Crippen molar-refractivity contribution in [3.63, 3.8) is 0 Å². The number of amides is 2. The van der Waals surface area contributed by atoms with E-state index < -0.39 is 28.5 Å². The smallest absolute Gasteiger partial charge is 0.264 e. The number of carbonyl (C=O) groups excluding carboxylic acids is 2. The van der Waals surface area contributed by atoms with Gasteiger partial charge in [-0.3, -0.25) is 13.9 Å². The van der Waals surface area contributed by atoms with Crippen molar-refractivity contribution in [2.24, 2.45) is 0 Å². The van der Waals surface area contributed by atoms with Crippen molar-refractivity contribution >= 4 is 55.1 Å². The molecule has 0 aromatic heterocycles. The van der Waals surface area contributed by atoms with Gasteiger partial charge in [-0.25, -0.2) is 8.42 Å². The fraction of sp³-hybridized carbons (Fsp3) is 0.188. The van der Waals surface area contributed by atoms with Crippen LogP contribution in [-0.2, 0) is 32.6 Å². The lowest BCUT2D eigenvalue weighted by molar-refractivity contribution is -0.139. The van der Waals surface area contributed by atoms with E-state index in [1.807, 2.05) is 61.5 Å². The number of halogens is 2. The van der Waals surface area contributed by atoms with Gasteiger partial charge in [0.25, 0.3) is 10.0 Å². The van der Waals surface area contributed by atoms with Gasteiger partial charge >= 0.3 is 0 Å². The van der Waals surface area contributed by atoms with Gasteiger partial charge in [-0.2, -0.15) is 0 Å². The fourth-order valence-electron chi connectivity index (χ4n) is 4.48. The molecule has 2 amide bonds. The number of anilines is 1. The Kier molecular flexibility index (Phi) is 10.4. The SMILES string of the molecule is CNC(=O)[C@@H](Cc1ccccc1)N(Cc1ccc(Br)cc1)C(=O)CN(c1ccc(Cl)cc1)S(=O)(=O)c1ccc(C)cc1. The summed E-state index contributed by atoms with van der Waals surface area (Å²) >= 11 is 9.53. The highest BCUT2D eigenvalue weighted by atomic mass is 79.9. The molecular formula is C32H31BrClN3O4S. The maximum Gasteiger partial charge on any atom is 0.264 e. The molecule has 0 unspecified atom stereocenters. The molecule has 4 aromatic carbocycles. The Hall–Kier alpha value is -3.66. The number of hydrogen-bond acceptors (Lipinski definition) is 4. The minimum Gasteiger partial charge on any atom is -0.357 e. The highest BCUT2D eigenvalue weighted by Crippen LogP contribution is 2.27. The summed E-state index contributed by atoms with van der Waals surface area (Å²) in [5.41, 5.74) is 2.82. The number of sulfonamides is 1. The molecule has 4 aromatic rings. The van der Waals surface area contributed by atoms with Crippen molar-refractivity contribution in [2.75, 3.05) is 17.9 Å². The average molecular weight is 669 g/mol. The first-order chi connectivity index (χ1) is 20.1. The Morgan fingerprint density at radius 3 is 2.07 bits per heavy atom. The quantitative estimate of drug-likeness (QED) is 0.213. The monoisotopic (exact) mass is 667 g/mol. The molecule has 10 heteroatoms. The normalized spacial score (nSPS) is 11.9. The van der Waals surface area contributed by atoms with Crippen LogP contribution in [-0.4, -0.2) is 44.8 Å². The molecule has 42 heavy (non-hydrogen) atoms. The van der Waals surface area contributed by atoms with Gasteiger partial charge in [0.2, 0.25) is 11.8 Å². The van der Waals surface area contributed by atoms with Crippen molar-refractivity contribution in [3.8, 4) is 0 Å². The Bertz CT molecular complexity index is 1620. The Balaban J connectivity index is 1.77. The number of nitrogens with one attached hydrogen (secondary N) is 1. The second kappa shape index (κ2) is 14.0. The van der Waals surface area contributed by atoms with Crippen molar-refractivity contribution < 1.29 is 18.0 Å². The lowest BCUT2D eigenvalue weighted by Crippen LogP contribution is -2.53. The molecule has 0 aliphatic rings. The lowest BCUT2D eigenvalue weighted by Gasteiger charge is -2.33. The summed E-state index contributed by atoms with van der Waals surface area (Å²) in [6, 6.07) is 28.6. The summed E-state index contributed by atoms with van der Waals surface area (Å²) < 4.78 is 29.9. The molecule has 0 spiro atoms. The van der Waals surface area contributed by atoms with E-state index in [9.17, 15) is 18.0 Å². The zero-order chi connectivity index (χ0) is 30.3. The first-order valence-electron chi connectivity index (χ1n) is 13.2. The molecule has 0 fully saturated rings. The van der Waals surface area contributed by atoms with Crippen LogP contribution in [0.25, 0.3) is 0 Å². The van der Waals surface area contributed by atoms with E-state index in [1.165, 1.54) is 24.1 Å². The van der Waals surface area contributed by atoms with Crippen molar-refractivity contribution in [1.29, 1.82) is 0 Å². The van der Waals surface area contributed by atoms with Gasteiger partial charge in [0, 0.05) is 29.5 Å². The Labute approximate surface area is 260 Å². The van der Waals surface area contributed by atoms with Gasteiger partial charge in [0.15, 0.2) is 0 Å². The first kappa shape index (κ1) is 31.3. The van der Waals surface area contributed by atoms with Gasteiger partial charge in [0.1, 0.15) is 12.6 Å².